The summed E-state index contributed by atoms with van der Waals surface area (Å²) in [6, 6.07) is 7.23. The van der Waals surface area contributed by atoms with Crippen LogP contribution in [0.4, 0.5) is 0 Å². The highest BCUT2D eigenvalue weighted by atomic mass is 79.9. The van der Waals surface area contributed by atoms with Crippen molar-refractivity contribution in [3.63, 3.8) is 0 Å². The lowest BCUT2D eigenvalue weighted by atomic mass is 10.1. The summed E-state index contributed by atoms with van der Waals surface area (Å²) >= 11 is 9.39. The highest BCUT2D eigenvalue weighted by Crippen LogP contribution is 2.23. The summed E-state index contributed by atoms with van der Waals surface area (Å²) in [6.45, 7) is 1.81. The lowest BCUT2D eigenvalue weighted by molar-refractivity contribution is 0.0992. The highest BCUT2D eigenvalue weighted by molar-refractivity contribution is 9.10. The van der Waals surface area contributed by atoms with E-state index in [0.717, 1.165) is 15.8 Å². The van der Waals surface area contributed by atoms with Gasteiger partial charge in [-0.15, -0.1) is 0 Å². The minimum absolute atomic E-state index is 0.00562. The van der Waals surface area contributed by atoms with Crippen LogP contribution in [0.3, 0.4) is 0 Å². The molecule has 0 atom stereocenters. The number of ketones is 1. The van der Waals surface area contributed by atoms with Crippen LogP contribution in [0.2, 0.25) is 5.02 Å². The Morgan fingerprint density at radius 1 is 1.41 bits per heavy atom. The maximum absolute atomic E-state index is 11.9. The number of carbonyl (C=O) groups excluding carboxylic acids is 1. The van der Waals surface area contributed by atoms with E-state index in [1.165, 1.54) is 6.26 Å². The molecule has 1 aromatic carbocycles. The molecule has 1 aromatic heterocycles. The molecule has 0 unspecified atom stereocenters. The van der Waals surface area contributed by atoms with Gasteiger partial charge in [-0.25, -0.2) is 0 Å². The van der Waals surface area contributed by atoms with Gasteiger partial charge < -0.3 is 4.42 Å². The predicted molar refractivity (Wildman–Crippen MR) is 70.6 cm³/mol. The summed E-state index contributed by atoms with van der Waals surface area (Å²) in [5.41, 5.74) is 1.40. The molecule has 0 saturated carbocycles. The SMILES string of the molecule is Cc1cc(C(=O)Cc2ccc(Br)cc2Cl)co1. The highest BCUT2D eigenvalue weighted by Gasteiger charge is 2.11. The lowest BCUT2D eigenvalue weighted by Crippen LogP contribution is -2.02. The quantitative estimate of drug-likeness (QED) is 0.785. The number of aryl methyl sites for hydroxylation is 1. The molecule has 0 radical (unpaired) electrons. The summed E-state index contributed by atoms with van der Waals surface area (Å²) in [4.78, 5) is 11.9. The summed E-state index contributed by atoms with van der Waals surface area (Å²) in [6.07, 6.45) is 1.76. The van der Waals surface area contributed by atoms with Gasteiger partial charge in [0.2, 0.25) is 0 Å². The van der Waals surface area contributed by atoms with Gasteiger partial charge in [0.05, 0.1) is 5.56 Å². The molecule has 0 aliphatic heterocycles. The van der Waals surface area contributed by atoms with Gasteiger partial charge in [-0.3, -0.25) is 4.79 Å². The average Bonchev–Trinajstić information content (AvgIpc) is 2.69. The third-order valence-electron chi connectivity index (χ3n) is 2.42. The van der Waals surface area contributed by atoms with Crippen LogP contribution in [0.5, 0.6) is 0 Å². The largest absolute Gasteiger partial charge is 0.469 e. The average molecular weight is 314 g/mol. The van der Waals surface area contributed by atoms with Gasteiger partial charge in [0.15, 0.2) is 5.78 Å². The monoisotopic (exact) mass is 312 g/mol. The third-order valence-corrected chi connectivity index (χ3v) is 3.26. The van der Waals surface area contributed by atoms with Crippen LogP contribution >= 0.6 is 27.5 Å². The number of furan rings is 1. The van der Waals surface area contributed by atoms with Crippen LogP contribution in [0, 0.1) is 6.92 Å². The number of rotatable bonds is 3. The molecule has 1 heterocycles. The Morgan fingerprint density at radius 2 is 2.18 bits per heavy atom. The van der Waals surface area contributed by atoms with E-state index in [-0.39, 0.29) is 12.2 Å². The fraction of sp³-hybridized carbons (Fsp3) is 0.154. The first kappa shape index (κ1) is 12.4. The molecular formula is C13H10BrClO2. The van der Waals surface area contributed by atoms with Gasteiger partial charge >= 0.3 is 0 Å². The summed E-state index contributed by atoms with van der Waals surface area (Å²) in [5, 5.41) is 0.591. The van der Waals surface area contributed by atoms with E-state index in [1.807, 2.05) is 19.1 Å². The van der Waals surface area contributed by atoms with Crippen molar-refractivity contribution in [2.24, 2.45) is 0 Å². The topological polar surface area (TPSA) is 30.2 Å². The second kappa shape index (κ2) is 5.07. The van der Waals surface area contributed by atoms with Gasteiger partial charge in [0.25, 0.3) is 0 Å². The van der Waals surface area contributed by atoms with Crippen LogP contribution in [0.25, 0.3) is 0 Å². The van der Waals surface area contributed by atoms with Gasteiger partial charge in [0, 0.05) is 15.9 Å². The lowest BCUT2D eigenvalue weighted by Gasteiger charge is -2.02. The first-order chi connectivity index (χ1) is 8.06. The molecule has 0 fully saturated rings. The van der Waals surface area contributed by atoms with E-state index in [1.54, 1.807) is 12.1 Å². The van der Waals surface area contributed by atoms with Crippen molar-refractivity contribution >= 4 is 33.3 Å². The van der Waals surface area contributed by atoms with Crippen molar-refractivity contribution in [3.8, 4) is 0 Å². The molecule has 0 N–H and O–H groups in total. The first-order valence-electron chi connectivity index (χ1n) is 5.08. The first-order valence-corrected chi connectivity index (χ1v) is 6.25. The molecule has 2 rings (SSSR count). The van der Waals surface area contributed by atoms with Gasteiger partial charge in [-0.05, 0) is 30.7 Å². The Hall–Kier alpha value is -1.06. The fourth-order valence-electron chi connectivity index (χ4n) is 1.53. The minimum atomic E-state index is 0.00562. The number of Topliss-reactive ketones (excluding diaryl/α,β-unsaturated/α-hetero) is 1. The molecule has 0 aliphatic rings. The Bertz CT molecular complexity index is 560. The van der Waals surface area contributed by atoms with Crippen LogP contribution in [0.15, 0.2) is 39.4 Å². The maximum Gasteiger partial charge on any atom is 0.170 e. The standard InChI is InChI=1S/C13H10BrClO2/c1-8-4-10(7-17-8)13(16)5-9-2-3-11(14)6-12(9)15/h2-4,6-7H,5H2,1H3. The Balaban J connectivity index is 2.18. The predicted octanol–water partition coefficient (Wildman–Crippen LogP) is 4.43. The number of halogens is 2. The summed E-state index contributed by atoms with van der Waals surface area (Å²) in [5.74, 6) is 0.737. The smallest absolute Gasteiger partial charge is 0.170 e. The molecule has 0 bridgehead atoms. The van der Waals surface area contributed by atoms with Crippen molar-refractivity contribution < 1.29 is 9.21 Å². The molecule has 2 aromatic rings. The molecule has 4 heteroatoms. The molecule has 17 heavy (non-hydrogen) atoms. The fourth-order valence-corrected chi connectivity index (χ4v) is 2.27. The zero-order valence-electron chi connectivity index (χ0n) is 9.17. The molecule has 0 aliphatic carbocycles. The van der Waals surface area contributed by atoms with E-state index in [0.29, 0.717) is 10.6 Å². The molecule has 88 valence electrons. The Kier molecular flexibility index (Phi) is 3.69. The van der Waals surface area contributed by atoms with Crippen LogP contribution in [0.1, 0.15) is 21.7 Å². The zero-order valence-corrected chi connectivity index (χ0v) is 11.5. The minimum Gasteiger partial charge on any atom is -0.469 e. The number of hydrogen-bond acceptors (Lipinski definition) is 2. The second-order valence-corrected chi connectivity index (χ2v) is 5.10. The number of hydrogen-bond donors (Lipinski definition) is 0. The van der Waals surface area contributed by atoms with Crippen LogP contribution in [-0.2, 0) is 6.42 Å². The summed E-state index contributed by atoms with van der Waals surface area (Å²) in [7, 11) is 0. The molecule has 0 saturated heterocycles. The van der Waals surface area contributed by atoms with E-state index in [9.17, 15) is 4.79 Å². The van der Waals surface area contributed by atoms with Gasteiger partial charge in [-0.1, -0.05) is 33.6 Å². The molecule has 0 spiro atoms. The van der Waals surface area contributed by atoms with Crippen LogP contribution in [-0.4, -0.2) is 5.78 Å². The van der Waals surface area contributed by atoms with E-state index in [2.05, 4.69) is 15.9 Å². The van der Waals surface area contributed by atoms with Gasteiger partial charge in [0.1, 0.15) is 12.0 Å². The second-order valence-electron chi connectivity index (χ2n) is 3.78. The van der Waals surface area contributed by atoms with E-state index >= 15 is 0 Å². The third kappa shape index (κ3) is 2.99. The number of benzene rings is 1. The van der Waals surface area contributed by atoms with Crippen molar-refractivity contribution in [2.45, 2.75) is 13.3 Å². The molecular weight excluding hydrogens is 303 g/mol. The van der Waals surface area contributed by atoms with Crippen molar-refractivity contribution in [1.29, 1.82) is 0 Å². The van der Waals surface area contributed by atoms with Crippen molar-refractivity contribution in [1.82, 2.24) is 0 Å². The van der Waals surface area contributed by atoms with Crippen molar-refractivity contribution in [3.05, 3.63) is 56.9 Å². The molecule has 0 amide bonds. The van der Waals surface area contributed by atoms with E-state index in [4.69, 9.17) is 16.0 Å². The zero-order chi connectivity index (χ0) is 12.4. The van der Waals surface area contributed by atoms with Crippen molar-refractivity contribution in [2.75, 3.05) is 0 Å². The Labute approximate surface area is 113 Å². The maximum atomic E-state index is 11.9. The Morgan fingerprint density at radius 3 is 2.76 bits per heavy atom. The van der Waals surface area contributed by atoms with E-state index < -0.39 is 0 Å². The molecule has 2 nitrogen and oxygen atoms in total. The normalized spacial score (nSPS) is 10.5. The number of carbonyl (C=O) groups is 1. The van der Waals surface area contributed by atoms with Crippen LogP contribution < -0.4 is 0 Å². The van der Waals surface area contributed by atoms with Gasteiger partial charge in [-0.2, -0.15) is 0 Å². The summed E-state index contributed by atoms with van der Waals surface area (Å²) < 4.78 is 6.01.